The van der Waals surface area contributed by atoms with Crippen molar-refractivity contribution in [1.82, 2.24) is 0 Å². The zero-order valence-corrected chi connectivity index (χ0v) is 18.1. The Hall–Kier alpha value is -3.32. The van der Waals surface area contributed by atoms with E-state index in [0.717, 1.165) is 16.8 Å². The molecule has 6 nitrogen and oxygen atoms in total. The van der Waals surface area contributed by atoms with Gasteiger partial charge >= 0.3 is 5.97 Å². The molecule has 160 valence electrons. The van der Waals surface area contributed by atoms with Gasteiger partial charge in [-0.3, -0.25) is 4.72 Å². The molecule has 31 heavy (non-hydrogen) atoms. The summed E-state index contributed by atoms with van der Waals surface area (Å²) in [4.78, 5) is 11.6. The van der Waals surface area contributed by atoms with Crippen molar-refractivity contribution < 1.29 is 18.3 Å². The van der Waals surface area contributed by atoms with Crippen molar-refractivity contribution in [2.75, 3.05) is 10.0 Å². The summed E-state index contributed by atoms with van der Waals surface area (Å²) in [5.41, 5.74) is 3.09. The highest BCUT2D eigenvalue weighted by atomic mass is 32.2. The van der Waals surface area contributed by atoms with Gasteiger partial charge in [-0.05, 0) is 59.4 Å². The van der Waals surface area contributed by atoms with Crippen molar-refractivity contribution in [2.24, 2.45) is 0 Å². The zero-order valence-electron chi connectivity index (χ0n) is 17.3. The highest BCUT2D eigenvalue weighted by Gasteiger charge is 2.35. The Bertz CT molecular complexity index is 1240. The van der Waals surface area contributed by atoms with E-state index in [-0.39, 0.29) is 21.9 Å². The van der Waals surface area contributed by atoms with Crippen LogP contribution in [-0.2, 0) is 15.4 Å². The van der Waals surface area contributed by atoms with Gasteiger partial charge in [-0.2, -0.15) is 0 Å². The summed E-state index contributed by atoms with van der Waals surface area (Å²) in [7, 11) is -3.72. The zero-order chi connectivity index (χ0) is 22.2. The summed E-state index contributed by atoms with van der Waals surface area (Å²) in [5.74, 6) is -0.957. The molecule has 3 aromatic rings. The number of carboxylic acid groups (broad SMARTS) is 1. The molecule has 1 unspecified atom stereocenters. The van der Waals surface area contributed by atoms with Crippen molar-refractivity contribution in [2.45, 2.75) is 36.6 Å². The lowest BCUT2D eigenvalue weighted by atomic mass is 9.73. The number of anilines is 2. The van der Waals surface area contributed by atoms with E-state index in [1.54, 1.807) is 60.7 Å². The van der Waals surface area contributed by atoms with Crippen molar-refractivity contribution in [3.63, 3.8) is 0 Å². The number of fused-ring (bicyclic) bond motifs is 1. The molecule has 0 aliphatic carbocycles. The maximum absolute atomic E-state index is 12.9. The summed E-state index contributed by atoms with van der Waals surface area (Å²) in [6.45, 7) is 4.14. The number of aromatic carboxylic acids is 1. The number of hydrogen-bond acceptors (Lipinski definition) is 4. The Balaban J connectivity index is 1.70. The summed E-state index contributed by atoms with van der Waals surface area (Å²) < 4.78 is 28.5. The van der Waals surface area contributed by atoms with Crippen LogP contribution in [0.25, 0.3) is 0 Å². The van der Waals surface area contributed by atoms with Gasteiger partial charge in [0.15, 0.2) is 0 Å². The predicted molar refractivity (Wildman–Crippen MR) is 121 cm³/mol. The minimum absolute atomic E-state index is 0.146. The first-order valence-corrected chi connectivity index (χ1v) is 11.5. The number of benzene rings is 3. The molecule has 0 aromatic heterocycles. The molecule has 3 N–H and O–H groups in total. The second-order valence-electron chi connectivity index (χ2n) is 8.36. The average molecular weight is 437 g/mol. The Morgan fingerprint density at radius 2 is 1.71 bits per heavy atom. The predicted octanol–water partition coefficient (Wildman–Crippen LogP) is 5.02. The molecule has 0 saturated carbocycles. The van der Waals surface area contributed by atoms with Crippen molar-refractivity contribution in [3.05, 3.63) is 89.5 Å². The number of para-hydroxylation sites is 1. The molecule has 1 aliphatic rings. The van der Waals surface area contributed by atoms with Crippen LogP contribution in [0.1, 0.15) is 47.8 Å². The highest BCUT2D eigenvalue weighted by Crippen LogP contribution is 2.45. The minimum Gasteiger partial charge on any atom is -0.478 e. The summed E-state index contributed by atoms with van der Waals surface area (Å²) >= 11 is 0. The van der Waals surface area contributed by atoms with Crippen molar-refractivity contribution in [1.29, 1.82) is 0 Å². The maximum Gasteiger partial charge on any atom is 0.335 e. The van der Waals surface area contributed by atoms with Gasteiger partial charge in [0, 0.05) is 5.69 Å². The third-order valence-corrected chi connectivity index (χ3v) is 7.06. The van der Waals surface area contributed by atoms with Crippen LogP contribution in [0.3, 0.4) is 0 Å². The van der Waals surface area contributed by atoms with Crippen LogP contribution in [-0.4, -0.2) is 19.5 Å². The van der Waals surface area contributed by atoms with Crippen molar-refractivity contribution in [3.8, 4) is 0 Å². The van der Waals surface area contributed by atoms with Gasteiger partial charge in [0.25, 0.3) is 10.0 Å². The molecule has 0 saturated heterocycles. The topological polar surface area (TPSA) is 95.5 Å². The van der Waals surface area contributed by atoms with E-state index >= 15 is 0 Å². The van der Waals surface area contributed by atoms with E-state index < -0.39 is 16.0 Å². The van der Waals surface area contributed by atoms with Crippen LogP contribution >= 0.6 is 0 Å². The Morgan fingerprint density at radius 1 is 1.03 bits per heavy atom. The van der Waals surface area contributed by atoms with E-state index in [1.165, 1.54) is 0 Å². The third kappa shape index (κ3) is 4.14. The SMILES string of the molecule is CC1(C)CC(c2ccccc2NS(=O)(=O)c2ccccc2)Nc2ccc(C(=O)O)cc21. The van der Waals surface area contributed by atoms with E-state index in [9.17, 15) is 18.3 Å². The standard InChI is InChI=1S/C24H24N2O4S/c1-24(2)15-22(25-21-13-12-16(23(27)28)14-19(21)24)18-10-6-7-11-20(18)26-31(29,30)17-8-4-3-5-9-17/h3-14,22,25-26H,15H2,1-2H3,(H,27,28). The van der Waals surface area contributed by atoms with Gasteiger partial charge in [-0.1, -0.05) is 50.2 Å². The fourth-order valence-corrected chi connectivity index (χ4v) is 5.22. The van der Waals surface area contributed by atoms with E-state index in [4.69, 9.17) is 0 Å². The van der Waals surface area contributed by atoms with Crippen LogP contribution in [0.2, 0.25) is 0 Å². The van der Waals surface area contributed by atoms with Crippen LogP contribution in [0.15, 0.2) is 77.7 Å². The summed E-state index contributed by atoms with van der Waals surface area (Å²) in [5, 5.41) is 12.8. The number of hydrogen-bond donors (Lipinski definition) is 3. The van der Waals surface area contributed by atoms with Gasteiger partial charge in [0.1, 0.15) is 0 Å². The molecule has 0 spiro atoms. The average Bonchev–Trinajstić information content (AvgIpc) is 2.73. The smallest absolute Gasteiger partial charge is 0.335 e. The second kappa shape index (κ2) is 7.74. The first kappa shape index (κ1) is 20.9. The molecule has 4 rings (SSSR count). The summed E-state index contributed by atoms with van der Waals surface area (Å²) in [6, 6.07) is 20.5. The molecule has 3 aromatic carbocycles. The first-order valence-electron chi connectivity index (χ1n) is 9.98. The fourth-order valence-electron chi connectivity index (χ4n) is 4.11. The largest absolute Gasteiger partial charge is 0.478 e. The normalized spacial score (nSPS) is 17.3. The van der Waals surface area contributed by atoms with E-state index in [2.05, 4.69) is 23.9 Å². The molecule has 0 bridgehead atoms. The molecule has 0 fully saturated rings. The molecule has 1 heterocycles. The number of nitrogens with one attached hydrogen (secondary N) is 2. The van der Waals surface area contributed by atoms with Crippen LogP contribution in [0.5, 0.6) is 0 Å². The Morgan fingerprint density at radius 3 is 2.42 bits per heavy atom. The van der Waals surface area contributed by atoms with Gasteiger partial charge in [-0.15, -0.1) is 0 Å². The molecular weight excluding hydrogens is 412 g/mol. The fraction of sp³-hybridized carbons (Fsp3) is 0.208. The first-order chi connectivity index (χ1) is 14.7. The van der Waals surface area contributed by atoms with Gasteiger partial charge in [0.2, 0.25) is 0 Å². The molecular formula is C24H24N2O4S. The van der Waals surface area contributed by atoms with Gasteiger partial charge in [0.05, 0.1) is 22.2 Å². The highest BCUT2D eigenvalue weighted by molar-refractivity contribution is 7.92. The number of carbonyl (C=O) groups is 1. The molecule has 0 amide bonds. The maximum atomic E-state index is 12.9. The number of carboxylic acids is 1. The molecule has 0 radical (unpaired) electrons. The van der Waals surface area contributed by atoms with Gasteiger partial charge < -0.3 is 10.4 Å². The van der Waals surface area contributed by atoms with Crippen LogP contribution in [0, 0.1) is 0 Å². The third-order valence-electron chi connectivity index (χ3n) is 5.67. The lowest BCUT2D eigenvalue weighted by Crippen LogP contribution is -2.32. The quantitative estimate of drug-likeness (QED) is 0.522. The van der Waals surface area contributed by atoms with Crippen LogP contribution < -0.4 is 10.0 Å². The number of rotatable bonds is 5. The second-order valence-corrected chi connectivity index (χ2v) is 10.0. The van der Waals surface area contributed by atoms with E-state index in [1.807, 2.05) is 12.1 Å². The Labute approximate surface area is 182 Å². The molecule has 1 atom stereocenters. The number of sulfonamides is 1. The molecule has 7 heteroatoms. The lowest BCUT2D eigenvalue weighted by molar-refractivity contribution is 0.0696. The lowest BCUT2D eigenvalue weighted by Gasteiger charge is -2.39. The van der Waals surface area contributed by atoms with Crippen molar-refractivity contribution >= 4 is 27.4 Å². The monoisotopic (exact) mass is 436 g/mol. The minimum atomic E-state index is -3.72. The van der Waals surface area contributed by atoms with E-state index in [0.29, 0.717) is 12.1 Å². The molecule has 1 aliphatic heterocycles. The Kier molecular flexibility index (Phi) is 5.23. The van der Waals surface area contributed by atoms with Crippen LogP contribution in [0.4, 0.5) is 11.4 Å². The summed E-state index contributed by atoms with van der Waals surface area (Å²) in [6.07, 6.45) is 0.674. The van der Waals surface area contributed by atoms with Gasteiger partial charge in [-0.25, -0.2) is 13.2 Å².